The van der Waals surface area contributed by atoms with Gasteiger partial charge in [0, 0.05) is 7.05 Å². The van der Waals surface area contributed by atoms with Crippen molar-refractivity contribution in [1.82, 2.24) is 14.8 Å². The molecule has 1 aromatic rings. The predicted octanol–water partition coefficient (Wildman–Crippen LogP) is 1.18. The first-order valence-electron chi connectivity index (χ1n) is 3.25. The Hall–Kier alpha value is -1.00. The van der Waals surface area contributed by atoms with Crippen LogP contribution in [0.5, 0.6) is 0 Å². The molecule has 0 aliphatic heterocycles. The van der Waals surface area contributed by atoms with E-state index in [0.717, 1.165) is 6.92 Å². The second-order valence-corrected chi connectivity index (χ2v) is 2.38. The Labute approximate surface area is 63.0 Å². The summed E-state index contributed by atoms with van der Waals surface area (Å²) in [7, 11) is 1.57. The molecule has 0 aromatic carbocycles. The summed E-state index contributed by atoms with van der Waals surface area (Å²) in [4.78, 5) is 0. The zero-order chi connectivity index (χ0) is 8.43. The van der Waals surface area contributed by atoms with Crippen LogP contribution in [-0.2, 0) is 7.05 Å². The second kappa shape index (κ2) is 2.94. The van der Waals surface area contributed by atoms with Crippen LogP contribution < -0.4 is 0 Å². The molecule has 0 N–H and O–H groups in total. The van der Waals surface area contributed by atoms with Crippen LogP contribution in [0.4, 0.5) is 8.78 Å². The number of aryl methyl sites for hydroxylation is 1. The van der Waals surface area contributed by atoms with Crippen molar-refractivity contribution in [3.8, 4) is 0 Å². The SMILES string of the molecule is C[C@H](F)[C@@H](F)c1nncn1C. The van der Waals surface area contributed by atoms with Crippen LogP contribution in [0.1, 0.15) is 18.9 Å². The van der Waals surface area contributed by atoms with Crippen molar-refractivity contribution >= 4 is 0 Å². The van der Waals surface area contributed by atoms with Gasteiger partial charge < -0.3 is 4.57 Å². The summed E-state index contributed by atoms with van der Waals surface area (Å²) < 4.78 is 26.6. The predicted molar refractivity (Wildman–Crippen MR) is 35.4 cm³/mol. The highest BCUT2D eigenvalue weighted by atomic mass is 19.2. The van der Waals surface area contributed by atoms with Gasteiger partial charge >= 0.3 is 0 Å². The minimum absolute atomic E-state index is 0.0278. The second-order valence-electron chi connectivity index (χ2n) is 2.38. The fourth-order valence-corrected chi connectivity index (χ4v) is 0.747. The van der Waals surface area contributed by atoms with Gasteiger partial charge in [-0.15, -0.1) is 10.2 Å². The standard InChI is InChI=1S/C6H9F2N3/c1-4(7)5(8)6-10-9-3-11(6)2/h3-5H,1-2H3/t4-,5+/m0/s1. The van der Waals surface area contributed by atoms with E-state index >= 15 is 0 Å². The molecule has 0 aliphatic rings. The fraction of sp³-hybridized carbons (Fsp3) is 0.667. The Balaban J connectivity index is 2.84. The molecule has 0 spiro atoms. The van der Waals surface area contributed by atoms with Crippen molar-refractivity contribution in [1.29, 1.82) is 0 Å². The minimum Gasteiger partial charge on any atom is -0.318 e. The van der Waals surface area contributed by atoms with Crippen molar-refractivity contribution in [3.63, 3.8) is 0 Å². The van der Waals surface area contributed by atoms with Gasteiger partial charge in [0.1, 0.15) is 12.5 Å². The van der Waals surface area contributed by atoms with Gasteiger partial charge in [0.15, 0.2) is 12.0 Å². The number of hydrogen-bond acceptors (Lipinski definition) is 2. The summed E-state index contributed by atoms with van der Waals surface area (Å²) in [5.74, 6) is 0.0278. The molecule has 1 aromatic heterocycles. The highest BCUT2D eigenvalue weighted by molar-refractivity contribution is 4.92. The maximum absolute atomic E-state index is 12.9. The third-order valence-electron chi connectivity index (χ3n) is 1.40. The average Bonchev–Trinajstić information content (AvgIpc) is 2.33. The molecule has 1 rings (SSSR count). The van der Waals surface area contributed by atoms with Gasteiger partial charge in [-0.1, -0.05) is 0 Å². The van der Waals surface area contributed by atoms with Crippen molar-refractivity contribution in [3.05, 3.63) is 12.2 Å². The number of nitrogens with zero attached hydrogens (tertiary/aromatic N) is 3. The van der Waals surface area contributed by atoms with Crippen LogP contribution in [0.25, 0.3) is 0 Å². The lowest BCUT2D eigenvalue weighted by atomic mass is 10.2. The highest BCUT2D eigenvalue weighted by Gasteiger charge is 2.21. The number of hydrogen-bond donors (Lipinski definition) is 0. The average molecular weight is 161 g/mol. The van der Waals surface area contributed by atoms with E-state index in [0.29, 0.717) is 0 Å². The Kier molecular flexibility index (Phi) is 2.16. The molecule has 0 amide bonds. The lowest BCUT2D eigenvalue weighted by molar-refractivity contribution is 0.173. The molecule has 3 nitrogen and oxygen atoms in total. The maximum atomic E-state index is 12.9. The smallest absolute Gasteiger partial charge is 0.190 e. The molecule has 0 saturated heterocycles. The van der Waals surface area contributed by atoms with Gasteiger partial charge in [0.25, 0.3) is 0 Å². The monoisotopic (exact) mass is 161 g/mol. The number of alkyl halides is 2. The van der Waals surface area contributed by atoms with Crippen molar-refractivity contribution in [2.75, 3.05) is 0 Å². The summed E-state index contributed by atoms with van der Waals surface area (Å²) in [6.45, 7) is 1.15. The summed E-state index contributed by atoms with van der Waals surface area (Å²) in [5.41, 5.74) is 0. The lowest BCUT2D eigenvalue weighted by Crippen LogP contribution is -2.10. The molecule has 62 valence electrons. The maximum Gasteiger partial charge on any atom is 0.190 e. The van der Waals surface area contributed by atoms with E-state index in [2.05, 4.69) is 10.2 Å². The van der Waals surface area contributed by atoms with Crippen molar-refractivity contribution in [2.45, 2.75) is 19.3 Å². The van der Waals surface area contributed by atoms with Gasteiger partial charge in [-0.05, 0) is 6.92 Å². The summed E-state index contributed by atoms with van der Waals surface area (Å²) in [6, 6.07) is 0. The molecule has 0 fully saturated rings. The van der Waals surface area contributed by atoms with Crippen LogP contribution in [0.3, 0.4) is 0 Å². The Bertz CT molecular complexity index is 233. The van der Waals surface area contributed by atoms with Crippen LogP contribution in [0.2, 0.25) is 0 Å². The highest BCUT2D eigenvalue weighted by Crippen LogP contribution is 2.20. The minimum atomic E-state index is -1.68. The van der Waals surface area contributed by atoms with E-state index in [9.17, 15) is 8.78 Å². The molecular formula is C6H9F2N3. The van der Waals surface area contributed by atoms with Gasteiger partial charge in [0.2, 0.25) is 0 Å². The van der Waals surface area contributed by atoms with Crippen molar-refractivity contribution < 1.29 is 8.78 Å². The van der Waals surface area contributed by atoms with E-state index in [1.807, 2.05) is 0 Å². The molecule has 0 saturated carbocycles. The summed E-state index contributed by atoms with van der Waals surface area (Å²) in [6.07, 6.45) is -1.88. The molecule has 0 radical (unpaired) electrons. The molecule has 5 heteroatoms. The van der Waals surface area contributed by atoms with Crippen LogP contribution >= 0.6 is 0 Å². The first-order valence-corrected chi connectivity index (χ1v) is 3.25. The lowest BCUT2D eigenvalue weighted by Gasteiger charge is -2.06. The Morgan fingerprint density at radius 1 is 1.55 bits per heavy atom. The Morgan fingerprint density at radius 3 is 2.55 bits per heavy atom. The van der Waals surface area contributed by atoms with Crippen LogP contribution in [-0.4, -0.2) is 20.9 Å². The molecule has 0 unspecified atom stereocenters. The number of rotatable bonds is 2. The molecule has 0 aliphatic carbocycles. The molecule has 1 heterocycles. The first-order chi connectivity index (χ1) is 5.13. The fourth-order valence-electron chi connectivity index (χ4n) is 0.747. The van der Waals surface area contributed by atoms with E-state index in [-0.39, 0.29) is 5.82 Å². The van der Waals surface area contributed by atoms with E-state index < -0.39 is 12.3 Å². The normalized spacial score (nSPS) is 16.4. The zero-order valence-corrected chi connectivity index (χ0v) is 6.33. The number of halogens is 2. The number of aromatic nitrogens is 3. The third kappa shape index (κ3) is 1.53. The molecular weight excluding hydrogens is 152 g/mol. The molecule has 0 bridgehead atoms. The van der Waals surface area contributed by atoms with E-state index in [4.69, 9.17) is 0 Å². The third-order valence-corrected chi connectivity index (χ3v) is 1.40. The largest absolute Gasteiger partial charge is 0.318 e. The topological polar surface area (TPSA) is 30.7 Å². The van der Waals surface area contributed by atoms with Crippen LogP contribution in [0.15, 0.2) is 6.33 Å². The first kappa shape index (κ1) is 8.10. The van der Waals surface area contributed by atoms with Gasteiger partial charge in [-0.25, -0.2) is 8.78 Å². The quantitative estimate of drug-likeness (QED) is 0.652. The van der Waals surface area contributed by atoms with Gasteiger partial charge in [0.05, 0.1) is 0 Å². The van der Waals surface area contributed by atoms with Crippen molar-refractivity contribution in [2.24, 2.45) is 7.05 Å². The van der Waals surface area contributed by atoms with Gasteiger partial charge in [-0.3, -0.25) is 0 Å². The van der Waals surface area contributed by atoms with E-state index in [1.165, 1.54) is 10.9 Å². The van der Waals surface area contributed by atoms with E-state index in [1.54, 1.807) is 7.05 Å². The van der Waals surface area contributed by atoms with Gasteiger partial charge in [-0.2, -0.15) is 0 Å². The summed E-state index contributed by atoms with van der Waals surface area (Å²) in [5, 5.41) is 6.87. The molecule has 2 atom stereocenters. The Morgan fingerprint density at radius 2 is 2.18 bits per heavy atom. The summed E-state index contributed by atoms with van der Waals surface area (Å²) >= 11 is 0. The van der Waals surface area contributed by atoms with Crippen LogP contribution in [0, 0.1) is 0 Å². The molecule has 11 heavy (non-hydrogen) atoms. The zero-order valence-electron chi connectivity index (χ0n) is 6.33.